The predicted molar refractivity (Wildman–Crippen MR) is 88.5 cm³/mol. The number of aromatic nitrogens is 2. The lowest BCUT2D eigenvalue weighted by Gasteiger charge is -2.27. The molecule has 0 radical (unpaired) electrons. The first kappa shape index (κ1) is 15.3. The quantitative estimate of drug-likeness (QED) is 0.944. The molecule has 1 aliphatic heterocycles. The van der Waals surface area contributed by atoms with Crippen molar-refractivity contribution in [2.45, 2.75) is 33.7 Å². The fraction of sp³-hybridized carbons (Fsp3) is 0.353. The number of amides is 2. The molecule has 6 heteroatoms. The maximum Gasteiger partial charge on any atom is 0.244 e. The smallest absolute Gasteiger partial charge is 0.244 e. The summed E-state index contributed by atoms with van der Waals surface area (Å²) < 4.78 is 1.78. The highest BCUT2D eigenvalue weighted by Gasteiger charge is 2.27. The van der Waals surface area contributed by atoms with Crippen molar-refractivity contribution >= 4 is 23.3 Å². The number of aryl methyl sites for hydroxylation is 4. The standard InChI is InChI=1S/C17H20N4O2/c1-11-5-4-6-12(2)17(11)18-14(22)10-20-15-9-13(3)19-21(15)8-7-16(20)23/h4-6,9H,7-8,10H2,1-3H3,(H,18,22). The van der Waals surface area contributed by atoms with Gasteiger partial charge in [0, 0.05) is 18.2 Å². The molecular formula is C17H20N4O2. The third-order valence-electron chi connectivity index (χ3n) is 4.04. The Morgan fingerprint density at radius 3 is 2.65 bits per heavy atom. The first-order chi connectivity index (χ1) is 11.0. The summed E-state index contributed by atoms with van der Waals surface area (Å²) in [6.45, 7) is 6.35. The van der Waals surface area contributed by atoms with Gasteiger partial charge in [0.1, 0.15) is 12.4 Å². The van der Waals surface area contributed by atoms with Crippen LogP contribution in [0.3, 0.4) is 0 Å². The molecule has 6 nitrogen and oxygen atoms in total. The molecule has 0 bridgehead atoms. The lowest BCUT2D eigenvalue weighted by molar-refractivity contribution is -0.122. The van der Waals surface area contributed by atoms with E-state index in [0.29, 0.717) is 18.8 Å². The van der Waals surface area contributed by atoms with Crippen molar-refractivity contribution in [2.75, 3.05) is 16.8 Å². The second kappa shape index (κ2) is 5.87. The molecule has 0 fully saturated rings. The van der Waals surface area contributed by atoms with Gasteiger partial charge in [0.2, 0.25) is 11.8 Å². The van der Waals surface area contributed by atoms with E-state index < -0.39 is 0 Å². The minimum Gasteiger partial charge on any atom is -0.324 e. The Morgan fingerprint density at radius 1 is 1.26 bits per heavy atom. The molecule has 3 rings (SSSR count). The molecule has 1 aromatic carbocycles. The molecule has 2 amide bonds. The Labute approximate surface area is 135 Å². The van der Waals surface area contributed by atoms with E-state index in [-0.39, 0.29) is 18.4 Å². The van der Waals surface area contributed by atoms with Gasteiger partial charge >= 0.3 is 0 Å². The van der Waals surface area contributed by atoms with Crippen LogP contribution in [0.5, 0.6) is 0 Å². The second-order valence-electron chi connectivity index (χ2n) is 5.91. The fourth-order valence-corrected chi connectivity index (χ4v) is 2.88. The van der Waals surface area contributed by atoms with Crippen molar-refractivity contribution in [2.24, 2.45) is 0 Å². The molecule has 2 aromatic rings. The van der Waals surface area contributed by atoms with Crippen molar-refractivity contribution in [1.29, 1.82) is 0 Å². The van der Waals surface area contributed by atoms with Gasteiger partial charge in [0.05, 0.1) is 12.2 Å². The number of nitrogens with zero attached hydrogens (tertiary/aromatic N) is 3. The fourth-order valence-electron chi connectivity index (χ4n) is 2.88. The van der Waals surface area contributed by atoms with Crippen molar-refractivity contribution in [1.82, 2.24) is 9.78 Å². The maximum atomic E-state index is 12.4. The normalized spacial score (nSPS) is 13.9. The zero-order chi connectivity index (χ0) is 16.6. The Morgan fingerprint density at radius 2 is 1.96 bits per heavy atom. The summed E-state index contributed by atoms with van der Waals surface area (Å²) in [7, 11) is 0. The maximum absolute atomic E-state index is 12.4. The van der Waals surface area contributed by atoms with Crippen LogP contribution in [0.2, 0.25) is 0 Å². The van der Waals surface area contributed by atoms with Crippen LogP contribution in [0.25, 0.3) is 0 Å². The Hall–Kier alpha value is -2.63. The predicted octanol–water partition coefficient (Wildman–Crippen LogP) is 2.18. The lowest BCUT2D eigenvalue weighted by atomic mass is 10.1. The molecule has 0 saturated carbocycles. The highest BCUT2D eigenvalue weighted by atomic mass is 16.2. The number of hydrogen-bond acceptors (Lipinski definition) is 3. The van der Waals surface area contributed by atoms with Crippen molar-refractivity contribution in [3.63, 3.8) is 0 Å². The SMILES string of the molecule is Cc1cc2n(n1)CCC(=O)N2CC(=O)Nc1c(C)cccc1C. The largest absolute Gasteiger partial charge is 0.324 e. The summed E-state index contributed by atoms with van der Waals surface area (Å²) in [4.78, 5) is 26.1. The Kier molecular flexibility index (Phi) is 3.90. The van der Waals surface area contributed by atoms with E-state index in [1.165, 1.54) is 4.90 Å². The lowest BCUT2D eigenvalue weighted by Crippen LogP contribution is -2.42. The molecular weight excluding hydrogens is 292 g/mol. The van der Waals surface area contributed by atoms with Crippen LogP contribution in [-0.2, 0) is 16.1 Å². The molecule has 0 atom stereocenters. The van der Waals surface area contributed by atoms with Gasteiger partial charge in [-0.25, -0.2) is 4.68 Å². The van der Waals surface area contributed by atoms with Crippen LogP contribution in [0.1, 0.15) is 23.2 Å². The molecule has 0 spiro atoms. The van der Waals surface area contributed by atoms with E-state index in [4.69, 9.17) is 0 Å². The summed E-state index contributed by atoms with van der Waals surface area (Å²) in [5, 5.41) is 7.27. The zero-order valence-electron chi connectivity index (χ0n) is 13.6. The van der Waals surface area contributed by atoms with Gasteiger partial charge in [0.25, 0.3) is 0 Å². The number of carbonyl (C=O) groups excluding carboxylic acids is 2. The van der Waals surface area contributed by atoms with E-state index >= 15 is 0 Å². The van der Waals surface area contributed by atoms with Gasteiger partial charge in [-0.3, -0.25) is 14.5 Å². The summed E-state index contributed by atoms with van der Waals surface area (Å²) in [5.41, 5.74) is 3.66. The van der Waals surface area contributed by atoms with Gasteiger partial charge in [-0.15, -0.1) is 0 Å². The minimum absolute atomic E-state index is 0.00224. The molecule has 2 heterocycles. The highest BCUT2D eigenvalue weighted by molar-refractivity contribution is 6.03. The van der Waals surface area contributed by atoms with Crippen LogP contribution in [-0.4, -0.2) is 28.1 Å². The second-order valence-corrected chi connectivity index (χ2v) is 5.91. The van der Waals surface area contributed by atoms with Crippen molar-refractivity contribution in [3.05, 3.63) is 41.1 Å². The van der Waals surface area contributed by atoms with E-state index in [0.717, 1.165) is 22.5 Å². The zero-order valence-corrected chi connectivity index (χ0v) is 13.6. The average Bonchev–Trinajstić information content (AvgIpc) is 2.87. The van der Waals surface area contributed by atoms with E-state index in [9.17, 15) is 9.59 Å². The number of nitrogens with one attached hydrogen (secondary N) is 1. The number of benzene rings is 1. The molecule has 1 N–H and O–H groups in total. The van der Waals surface area contributed by atoms with Gasteiger partial charge in [0.15, 0.2) is 0 Å². The molecule has 23 heavy (non-hydrogen) atoms. The molecule has 120 valence electrons. The minimum atomic E-state index is -0.206. The van der Waals surface area contributed by atoms with Gasteiger partial charge in [-0.2, -0.15) is 5.10 Å². The molecule has 1 aromatic heterocycles. The third kappa shape index (κ3) is 2.97. The third-order valence-corrected chi connectivity index (χ3v) is 4.04. The number of anilines is 2. The van der Waals surface area contributed by atoms with E-state index in [2.05, 4.69) is 10.4 Å². The highest BCUT2D eigenvalue weighted by Crippen LogP contribution is 2.23. The van der Waals surface area contributed by atoms with Crippen LogP contribution in [0, 0.1) is 20.8 Å². The average molecular weight is 312 g/mol. The molecule has 1 aliphatic rings. The topological polar surface area (TPSA) is 67.2 Å². The first-order valence-electron chi connectivity index (χ1n) is 7.66. The number of fused-ring (bicyclic) bond motifs is 1. The Balaban J connectivity index is 1.79. The molecule has 0 aliphatic carbocycles. The number of hydrogen-bond donors (Lipinski definition) is 1. The summed E-state index contributed by atoms with van der Waals surface area (Å²) in [5.74, 6) is 0.438. The number of carbonyl (C=O) groups is 2. The number of rotatable bonds is 3. The van der Waals surface area contributed by atoms with Gasteiger partial charge < -0.3 is 5.32 Å². The molecule has 0 saturated heterocycles. The van der Waals surface area contributed by atoms with Gasteiger partial charge in [-0.1, -0.05) is 18.2 Å². The van der Waals surface area contributed by atoms with E-state index in [1.54, 1.807) is 4.68 Å². The summed E-state index contributed by atoms with van der Waals surface area (Å²) in [6.07, 6.45) is 0.366. The van der Waals surface area contributed by atoms with Crippen LogP contribution >= 0.6 is 0 Å². The van der Waals surface area contributed by atoms with Crippen LogP contribution in [0.4, 0.5) is 11.5 Å². The summed E-state index contributed by atoms with van der Waals surface area (Å²) >= 11 is 0. The van der Waals surface area contributed by atoms with E-state index in [1.807, 2.05) is 45.0 Å². The number of para-hydroxylation sites is 1. The molecule has 0 unspecified atom stereocenters. The monoisotopic (exact) mass is 312 g/mol. The van der Waals surface area contributed by atoms with Crippen molar-refractivity contribution < 1.29 is 9.59 Å². The van der Waals surface area contributed by atoms with Crippen molar-refractivity contribution in [3.8, 4) is 0 Å². The summed E-state index contributed by atoms with van der Waals surface area (Å²) in [6, 6.07) is 7.69. The van der Waals surface area contributed by atoms with Gasteiger partial charge in [-0.05, 0) is 31.9 Å². The van der Waals surface area contributed by atoms with Crippen LogP contribution in [0.15, 0.2) is 24.3 Å². The first-order valence-corrected chi connectivity index (χ1v) is 7.66. The Bertz CT molecular complexity index is 759. The van der Waals surface area contributed by atoms with Crippen LogP contribution < -0.4 is 10.2 Å².